The summed E-state index contributed by atoms with van der Waals surface area (Å²) in [5.41, 5.74) is 4.56. The number of hydrogen-bond donors (Lipinski definition) is 2. The minimum Gasteiger partial charge on any atom is -0.464 e. The minimum atomic E-state index is -0.555. The van der Waals surface area contributed by atoms with Crippen LogP contribution < -0.4 is 10.6 Å². The van der Waals surface area contributed by atoms with Crippen LogP contribution in [-0.2, 0) is 4.74 Å². The Kier molecular flexibility index (Phi) is 9.89. The Morgan fingerprint density at radius 1 is 1.24 bits per heavy atom. The quantitative estimate of drug-likeness (QED) is 0.393. The monoisotopic (exact) mass is 461 g/mol. The number of aromatic nitrogens is 1. The summed E-state index contributed by atoms with van der Waals surface area (Å²) in [7, 11) is 1.28. The molecule has 0 aliphatic rings. The van der Waals surface area contributed by atoms with Gasteiger partial charge in [-0.1, -0.05) is 18.7 Å². The fraction of sp³-hybridized carbons (Fsp3) is 0.269. The third-order valence-electron chi connectivity index (χ3n) is 4.74. The molecule has 0 fully saturated rings. The number of ether oxygens (including phenoxy) is 1. The molecule has 0 bridgehead atoms. The number of carbonyl (C=O) groups is 2. The van der Waals surface area contributed by atoms with Gasteiger partial charge in [0.2, 0.25) is 0 Å². The van der Waals surface area contributed by atoms with Crippen molar-refractivity contribution in [3.05, 3.63) is 83.5 Å². The van der Waals surface area contributed by atoms with Gasteiger partial charge in [0, 0.05) is 42.6 Å². The maximum Gasteiger partial charge on any atom is 0.356 e. The van der Waals surface area contributed by atoms with Crippen LogP contribution in [0.3, 0.4) is 0 Å². The number of allylic oxidation sites excluding steroid dienone is 2. The zero-order valence-electron chi connectivity index (χ0n) is 20.3. The molecule has 1 amide bonds. The van der Waals surface area contributed by atoms with Crippen LogP contribution in [0.1, 0.15) is 60.1 Å². The van der Waals surface area contributed by atoms with E-state index in [1.165, 1.54) is 25.4 Å². The molecule has 0 saturated carbocycles. The summed E-state index contributed by atoms with van der Waals surface area (Å²) < 4.78 is 4.62. The largest absolute Gasteiger partial charge is 0.464 e. The molecule has 8 heteroatoms. The number of amides is 1. The highest BCUT2D eigenvalue weighted by Gasteiger charge is 2.12. The van der Waals surface area contributed by atoms with Gasteiger partial charge in [0.15, 0.2) is 0 Å². The van der Waals surface area contributed by atoms with Gasteiger partial charge in [0.05, 0.1) is 18.4 Å². The molecule has 1 aromatic carbocycles. The lowest BCUT2D eigenvalue weighted by atomic mass is 10.1. The summed E-state index contributed by atoms with van der Waals surface area (Å²) in [6.07, 6.45) is 4.81. The van der Waals surface area contributed by atoms with Gasteiger partial charge in [0.1, 0.15) is 5.69 Å². The van der Waals surface area contributed by atoms with Crippen molar-refractivity contribution in [2.45, 2.75) is 33.7 Å². The molecular formula is C26H31N5O3. The summed E-state index contributed by atoms with van der Waals surface area (Å²) in [6.45, 7) is 12.4. The molecule has 1 heterocycles. The lowest BCUT2D eigenvalue weighted by Gasteiger charge is -2.17. The molecule has 1 atom stereocenters. The van der Waals surface area contributed by atoms with E-state index in [1.54, 1.807) is 12.4 Å². The van der Waals surface area contributed by atoms with Crippen molar-refractivity contribution >= 4 is 29.5 Å². The number of rotatable bonds is 10. The number of anilines is 1. The van der Waals surface area contributed by atoms with Gasteiger partial charge in [0.25, 0.3) is 5.91 Å². The van der Waals surface area contributed by atoms with Gasteiger partial charge in [-0.3, -0.25) is 14.8 Å². The van der Waals surface area contributed by atoms with Crippen LogP contribution in [0, 0.1) is 0 Å². The first-order valence-corrected chi connectivity index (χ1v) is 10.9. The number of methoxy groups -OCH3 is 1. The van der Waals surface area contributed by atoms with Gasteiger partial charge in [-0.05, 0) is 63.1 Å². The summed E-state index contributed by atoms with van der Waals surface area (Å²) in [5.74, 6) is -0.880. The van der Waals surface area contributed by atoms with Crippen molar-refractivity contribution in [2.24, 2.45) is 9.98 Å². The first-order chi connectivity index (χ1) is 16.2. The number of nitrogens with zero attached hydrogens (tertiary/aromatic N) is 3. The van der Waals surface area contributed by atoms with Crippen LogP contribution in [0.15, 0.2) is 76.6 Å². The summed E-state index contributed by atoms with van der Waals surface area (Å²) in [4.78, 5) is 36.7. The maximum atomic E-state index is 12.6. The number of aliphatic imine (C=N–C) groups is 2. The molecule has 2 N–H and O–H groups in total. The van der Waals surface area contributed by atoms with Crippen LogP contribution >= 0.6 is 0 Å². The van der Waals surface area contributed by atoms with E-state index in [0.29, 0.717) is 17.8 Å². The van der Waals surface area contributed by atoms with Crippen molar-refractivity contribution in [3.63, 3.8) is 0 Å². The van der Waals surface area contributed by atoms with Crippen LogP contribution in [0.25, 0.3) is 0 Å². The van der Waals surface area contributed by atoms with Gasteiger partial charge >= 0.3 is 5.97 Å². The zero-order chi connectivity index (χ0) is 25.1. The Morgan fingerprint density at radius 3 is 2.62 bits per heavy atom. The fourth-order valence-electron chi connectivity index (χ4n) is 2.90. The predicted octanol–water partition coefficient (Wildman–Crippen LogP) is 4.74. The molecule has 0 aliphatic heterocycles. The van der Waals surface area contributed by atoms with E-state index in [1.807, 2.05) is 52.0 Å². The standard InChI is InChI=1S/C26H31N5O3/c1-7-27-16-24(17(2)3)28-14-18(4)30-19(5)20-9-8-10-22(13-20)31-25(32)21-11-12-23(29-15-21)26(33)34-6/h8-16,19,30H,2,7H2,1,3-6H3,(H,31,32)/b18-14+,27-16?,28-24?/t19-/m0/s1. The van der Waals surface area contributed by atoms with E-state index in [0.717, 1.165) is 22.5 Å². The maximum absolute atomic E-state index is 12.6. The Labute approximate surface area is 200 Å². The molecule has 34 heavy (non-hydrogen) atoms. The lowest BCUT2D eigenvalue weighted by Crippen LogP contribution is -2.17. The first-order valence-electron chi connectivity index (χ1n) is 10.9. The number of carbonyl (C=O) groups excluding carboxylic acids is 2. The topological polar surface area (TPSA) is 105 Å². The molecule has 178 valence electrons. The number of esters is 1. The van der Waals surface area contributed by atoms with Gasteiger partial charge in [-0.15, -0.1) is 0 Å². The van der Waals surface area contributed by atoms with E-state index >= 15 is 0 Å². The second-order valence-corrected chi connectivity index (χ2v) is 7.60. The van der Waals surface area contributed by atoms with Crippen LogP contribution in [-0.4, -0.2) is 42.4 Å². The lowest BCUT2D eigenvalue weighted by molar-refractivity contribution is 0.0593. The van der Waals surface area contributed by atoms with Gasteiger partial charge < -0.3 is 15.4 Å². The molecular weight excluding hydrogens is 430 g/mol. The van der Waals surface area contributed by atoms with Gasteiger partial charge in [-0.2, -0.15) is 0 Å². The average Bonchev–Trinajstić information content (AvgIpc) is 2.83. The van der Waals surface area contributed by atoms with E-state index in [9.17, 15) is 9.59 Å². The molecule has 2 aromatic rings. The average molecular weight is 462 g/mol. The van der Waals surface area contributed by atoms with E-state index in [-0.39, 0.29) is 17.6 Å². The van der Waals surface area contributed by atoms with Crippen LogP contribution in [0.2, 0.25) is 0 Å². The summed E-state index contributed by atoms with van der Waals surface area (Å²) in [5, 5.41) is 6.25. The van der Waals surface area contributed by atoms with Gasteiger partial charge in [-0.25, -0.2) is 9.78 Å². The highest BCUT2D eigenvalue weighted by Crippen LogP contribution is 2.19. The minimum absolute atomic E-state index is 0.0260. The molecule has 0 aliphatic carbocycles. The molecule has 2 rings (SSSR count). The van der Waals surface area contributed by atoms with Crippen molar-refractivity contribution in [2.75, 3.05) is 19.0 Å². The molecule has 0 radical (unpaired) electrons. The first kappa shape index (κ1) is 26.2. The van der Waals surface area contributed by atoms with Crippen LogP contribution in [0.5, 0.6) is 0 Å². The van der Waals surface area contributed by atoms with Crippen molar-refractivity contribution in [3.8, 4) is 0 Å². The normalized spacial score (nSPS) is 12.9. The Hall–Kier alpha value is -4.07. The molecule has 0 unspecified atom stereocenters. The molecule has 0 spiro atoms. The van der Waals surface area contributed by atoms with Crippen LogP contribution in [0.4, 0.5) is 5.69 Å². The third-order valence-corrected chi connectivity index (χ3v) is 4.74. The molecule has 8 nitrogen and oxygen atoms in total. The Morgan fingerprint density at radius 2 is 2.00 bits per heavy atom. The smallest absolute Gasteiger partial charge is 0.356 e. The number of benzene rings is 1. The highest BCUT2D eigenvalue weighted by molar-refractivity contribution is 6.37. The third kappa shape index (κ3) is 7.81. The molecule has 1 aromatic heterocycles. The number of hydrogen-bond acceptors (Lipinski definition) is 7. The Balaban J connectivity index is 2.07. The Bertz CT molecular complexity index is 1120. The van der Waals surface area contributed by atoms with E-state index in [4.69, 9.17) is 0 Å². The fourth-order valence-corrected chi connectivity index (χ4v) is 2.90. The predicted molar refractivity (Wildman–Crippen MR) is 137 cm³/mol. The number of pyridine rings is 1. The van der Waals surface area contributed by atoms with Crippen molar-refractivity contribution < 1.29 is 14.3 Å². The van der Waals surface area contributed by atoms with E-state index < -0.39 is 5.97 Å². The second kappa shape index (κ2) is 12.8. The summed E-state index contributed by atoms with van der Waals surface area (Å²) >= 11 is 0. The SMILES string of the molecule is C=C(C)C(C=NCC)=N/C=C(\C)N[C@@H](C)c1cccc(NC(=O)c2ccc(C(=O)OC)nc2)c1. The number of nitrogens with one attached hydrogen (secondary N) is 2. The molecule has 0 saturated heterocycles. The van der Waals surface area contributed by atoms with E-state index in [2.05, 4.69) is 36.9 Å². The van der Waals surface area contributed by atoms with Crippen molar-refractivity contribution in [1.82, 2.24) is 10.3 Å². The summed E-state index contributed by atoms with van der Waals surface area (Å²) in [6, 6.07) is 10.5. The zero-order valence-corrected chi connectivity index (χ0v) is 20.3. The van der Waals surface area contributed by atoms with Crippen molar-refractivity contribution in [1.29, 1.82) is 0 Å². The highest BCUT2D eigenvalue weighted by atomic mass is 16.5. The second-order valence-electron chi connectivity index (χ2n) is 7.60.